The highest BCUT2D eigenvalue weighted by molar-refractivity contribution is 6.30. The van der Waals surface area contributed by atoms with Gasteiger partial charge in [-0.2, -0.15) is 10.1 Å². The van der Waals surface area contributed by atoms with Gasteiger partial charge in [-0.15, -0.1) is 10.2 Å². The lowest BCUT2D eigenvalue weighted by Gasteiger charge is -2.39. The fraction of sp³-hybridized carbons (Fsp3) is 0.429. The number of nitrogens with one attached hydrogen (secondary N) is 1. The molecule has 5 rings (SSSR count). The predicted molar refractivity (Wildman–Crippen MR) is 117 cm³/mol. The predicted octanol–water partition coefficient (Wildman–Crippen LogP) is 3.53. The van der Waals surface area contributed by atoms with Crippen molar-refractivity contribution >= 4 is 23.2 Å². The van der Waals surface area contributed by atoms with Crippen LogP contribution >= 0.6 is 11.6 Å². The molecule has 9 nitrogen and oxygen atoms in total. The second kappa shape index (κ2) is 8.42. The average Bonchev–Trinajstić information content (AvgIpc) is 3.32. The van der Waals surface area contributed by atoms with E-state index in [4.69, 9.17) is 25.2 Å². The maximum Gasteiger partial charge on any atom is 0.321 e. The molecule has 2 bridgehead atoms. The zero-order valence-electron chi connectivity index (χ0n) is 20.2. The van der Waals surface area contributed by atoms with Gasteiger partial charge >= 0.3 is 6.01 Å². The van der Waals surface area contributed by atoms with Crippen LogP contribution in [0.15, 0.2) is 30.5 Å². The van der Waals surface area contributed by atoms with Crippen molar-refractivity contribution in [1.82, 2.24) is 25.0 Å². The Labute approximate surface area is 193 Å². The Bertz CT molecular complexity index is 1210. The van der Waals surface area contributed by atoms with E-state index in [0.29, 0.717) is 17.7 Å². The lowest BCUT2D eigenvalue weighted by Crippen LogP contribution is -2.48. The lowest BCUT2D eigenvalue weighted by molar-refractivity contribution is 0.373. The molecule has 0 radical (unpaired) electrons. The van der Waals surface area contributed by atoms with Crippen LogP contribution in [0.5, 0.6) is 17.6 Å². The highest BCUT2D eigenvalue weighted by Crippen LogP contribution is 2.40. The third-order valence-corrected chi connectivity index (χ3v) is 6.29. The van der Waals surface area contributed by atoms with Crippen molar-refractivity contribution in [2.75, 3.05) is 30.4 Å². The summed E-state index contributed by atoms with van der Waals surface area (Å²) in [4.78, 5) is 6.55. The standard InChI is InChI=1S/C21H23ClFN7O2/c1-29-21(32-15-5-6-17(23)16(22)8-15)26-20(28-29)25-19-12-3-4-13(19)11-30(10-12)14-7-18(31-2)27-24-9-14/h5-9,12-13,19H,3-4,10-11H2,1-2H3,(H,25,28)/t12-,13+,19-/i1D3. The Morgan fingerprint density at radius 2 is 2.06 bits per heavy atom. The molecule has 1 aliphatic carbocycles. The van der Waals surface area contributed by atoms with Crippen LogP contribution < -0.4 is 19.7 Å². The van der Waals surface area contributed by atoms with E-state index in [0.717, 1.165) is 42.4 Å². The van der Waals surface area contributed by atoms with Crippen molar-refractivity contribution in [1.29, 1.82) is 0 Å². The normalized spacial score (nSPS) is 23.9. The van der Waals surface area contributed by atoms with Crippen LogP contribution in [0.1, 0.15) is 17.0 Å². The van der Waals surface area contributed by atoms with Gasteiger partial charge in [0.15, 0.2) is 0 Å². The maximum atomic E-state index is 13.5. The van der Waals surface area contributed by atoms with Crippen LogP contribution in [0.25, 0.3) is 0 Å². The van der Waals surface area contributed by atoms with Crippen LogP contribution in [0.2, 0.25) is 5.02 Å². The number of methoxy groups -OCH3 is 1. The van der Waals surface area contributed by atoms with E-state index < -0.39 is 12.8 Å². The molecule has 11 heteroatoms. The lowest BCUT2D eigenvalue weighted by atomic mass is 9.92. The van der Waals surface area contributed by atoms with E-state index in [9.17, 15) is 4.39 Å². The van der Waals surface area contributed by atoms with Gasteiger partial charge in [-0.1, -0.05) is 11.6 Å². The van der Waals surface area contributed by atoms with Crippen molar-refractivity contribution in [3.63, 3.8) is 0 Å². The molecule has 1 aromatic carbocycles. The third-order valence-electron chi connectivity index (χ3n) is 6.00. The number of aryl methyl sites for hydroxylation is 1. The Kier molecular flexibility index (Phi) is 4.58. The first kappa shape index (κ1) is 17.4. The number of rotatable bonds is 6. The molecule has 0 spiro atoms. The number of nitrogens with zero attached hydrogens (tertiary/aromatic N) is 6. The Morgan fingerprint density at radius 3 is 2.78 bits per heavy atom. The highest BCUT2D eigenvalue weighted by Gasteiger charge is 2.42. The Balaban J connectivity index is 1.34. The van der Waals surface area contributed by atoms with E-state index in [1.54, 1.807) is 13.3 Å². The Morgan fingerprint density at radius 1 is 1.25 bits per heavy atom. The largest absolute Gasteiger partial charge is 0.480 e. The van der Waals surface area contributed by atoms with E-state index >= 15 is 0 Å². The maximum absolute atomic E-state index is 13.5. The molecule has 1 aliphatic heterocycles. The van der Waals surface area contributed by atoms with Gasteiger partial charge in [0.2, 0.25) is 11.8 Å². The quantitative estimate of drug-likeness (QED) is 0.595. The van der Waals surface area contributed by atoms with Gasteiger partial charge in [-0.25, -0.2) is 9.07 Å². The second-order valence-corrected chi connectivity index (χ2v) is 8.34. The number of ether oxygens (including phenoxy) is 2. The third kappa shape index (κ3) is 4.02. The van der Waals surface area contributed by atoms with Crippen molar-refractivity contribution in [2.45, 2.75) is 18.9 Å². The first-order valence-electron chi connectivity index (χ1n) is 11.7. The SMILES string of the molecule is [2H]C([2H])([2H])n1nc(N[C@@H]2[C@@H]3CC[C@H]2CN(c2cnnc(OC)c2)C3)nc1Oc1ccc(F)c(Cl)c1. The first-order chi connectivity index (χ1) is 16.7. The van der Waals surface area contributed by atoms with Crippen molar-refractivity contribution in [3.05, 3.63) is 41.3 Å². The number of benzene rings is 1. The van der Waals surface area contributed by atoms with Crippen molar-refractivity contribution < 1.29 is 18.0 Å². The highest BCUT2D eigenvalue weighted by atomic mass is 35.5. The summed E-state index contributed by atoms with van der Waals surface area (Å²) in [5, 5.41) is 15.3. The van der Waals surface area contributed by atoms with Crippen LogP contribution in [0.4, 0.5) is 16.0 Å². The minimum absolute atomic E-state index is 0.0727. The molecule has 2 aliphatic rings. The smallest absolute Gasteiger partial charge is 0.321 e. The zero-order valence-corrected chi connectivity index (χ0v) is 18.0. The average molecular weight is 463 g/mol. The summed E-state index contributed by atoms with van der Waals surface area (Å²) in [6.07, 6.45) is 3.76. The number of hydrogen-bond donors (Lipinski definition) is 1. The van der Waals surface area contributed by atoms with Crippen LogP contribution in [0.3, 0.4) is 0 Å². The summed E-state index contributed by atoms with van der Waals surface area (Å²) in [6, 6.07) is 5.42. The monoisotopic (exact) mass is 462 g/mol. The summed E-state index contributed by atoms with van der Waals surface area (Å²) in [5.41, 5.74) is 0.950. The van der Waals surface area contributed by atoms with Crippen molar-refractivity contribution in [3.8, 4) is 17.6 Å². The number of fused-ring (bicyclic) bond motifs is 2. The molecule has 1 saturated heterocycles. The summed E-state index contributed by atoms with van der Waals surface area (Å²) < 4.78 is 48.5. The number of anilines is 2. The molecule has 3 atom stereocenters. The minimum atomic E-state index is -2.62. The fourth-order valence-electron chi connectivity index (χ4n) is 4.50. The molecule has 32 heavy (non-hydrogen) atoms. The zero-order chi connectivity index (χ0) is 24.7. The molecule has 1 saturated carbocycles. The molecule has 3 aromatic rings. The molecule has 0 amide bonds. The summed E-state index contributed by atoms with van der Waals surface area (Å²) in [7, 11) is 1.56. The molecular weight excluding hydrogens is 437 g/mol. The number of piperidine rings is 1. The number of halogens is 2. The van der Waals surface area contributed by atoms with Gasteiger partial charge in [0, 0.05) is 42.4 Å². The second-order valence-electron chi connectivity index (χ2n) is 7.94. The number of aromatic nitrogens is 5. The van der Waals surface area contributed by atoms with Gasteiger partial charge < -0.3 is 19.7 Å². The van der Waals surface area contributed by atoms with Crippen LogP contribution in [-0.2, 0) is 6.98 Å². The van der Waals surface area contributed by atoms with Gasteiger partial charge in [0.25, 0.3) is 0 Å². The van der Waals surface area contributed by atoms with E-state index in [2.05, 4.69) is 30.5 Å². The van der Waals surface area contributed by atoms with Crippen LogP contribution in [0, 0.1) is 17.7 Å². The molecule has 2 aromatic heterocycles. The van der Waals surface area contributed by atoms with Crippen LogP contribution in [-0.4, -0.2) is 51.2 Å². The molecule has 0 unspecified atom stereocenters. The molecule has 168 valence electrons. The molecule has 2 fully saturated rings. The van der Waals surface area contributed by atoms with E-state index in [-0.39, 0.29) is 28.8 Å². The van der Waals surface area contributed by atoms with Gasteiger partial charge in [0.05, 0.1) is 24.0 Å². The van der Waals surface area contributed by atoms with Crippen molar-refractivity contribution in [2.24, 2.45) is 18.8 Å². The van der Waals surface area contributed by atoms with Gasteiger partial charge in [0.1, 0.15) is 11.6 Å². The summed E-state index contributed by atoms with van der Waals surface area (Å²) in [5.74, 6) is 0.759. The molecule has 3 heterocycles. The topological polar surface area (TPSA) is 90.2 Å². The molecule has 1 N–H and O–H groups in total. The Hall–Kier alpha value is -3.14. The number of hydrogen-bond acceptors (Lipinski definition) is 8. The summed E-state index contributed by atoms with van der Waals surface area (Å²) >= 11 is 5.82. The van der Waals surface area contributed by atoms with Gasteiger partial charge in [-0.05, 0) is 36.8 Å². The molecular formula is C21H23ClFN7O2. The van der Waals surface area contributed by atoms with Gasteiger partial charge in [-0.3, -0.25) is 0 Å². The summed E-state index contributed by atoms with van der Waals surface area (Å²) in [6.45, 7) is -1.04. The van der Waals surface area contributed by atoms with E-state index in [1.165, 1.54) is 12.1 Å². The van der Waals surface area contributed by atoms with E-state index in [1.807, 2.05) is 6.07 Å². The minimum Gasteiger partial charge on any atom is -0.480 e. The fourth-order valence-corrected chi connectivity index (χ4v) is 4.67. The first-order valence-corrected chi connectivity index (χ1v) is 10.6.